The van der Waals surface area contributed by atoms with Crippen LogP contribution in [0.5, 0.6) is 0 Å². The van der Waals surface area contributed by atoms with E-state index in [2.05, 4.69) is 4.98 Å². The molecule has 0 spiro atoms. The Morgan fingerprint density at radius 2 is 1.92 bits per heavy atom. The minimum atomic E-state index is -0.336. The molecule has 2 aromatic heterocycles. The molecule has 1 fully saturated rings. The molecule has 5 heteroatoms. The maximum Gasteiger partial charge on any atom is 0.268 e. The van der Waals surface area contributed by atoms with Crippen molar-refractivity contribution in [3.63, 3.8) is 0 Å². The second-order valence-electron chi connectivity index (χ2n) is 6.54. The number of carbonyl (C=O) groups excluding carboxylic acids is 1. The van der Waals surface area contributed by atoms with Gasteiger partial charge in [-0.3, -0.25) is 14.6 Å². The van der Waals surface area contributed by atoms with Gasteiger partial charge < -0.3 is 4.57 Å². The summed E-state index contributed by atoms with van der Waals surface area (Å²) in [4.78, 5) is 28.8. The normalized spacial score (nSPS) is 14.8. The average molecular weight is 335 g/mol. The second-order valence-corrected chi connectivity index (χ2v) is 6.54. The van der Waals surface area contributed by atoms with Crippen LogP contribution in [0.15, 0.2) is 41.6 Å². The summed E-state index contributed by atoms with van der Waals surface area (Å²) in [5.41, 5.74) is 1.43. The highest BCUT2D eigenvalue weighted by Gasteiger charge is 2.21. The van der Waals surface area contributed by atoms with Gasteiger partial charge in [0.1, 0.15) is 17.4 Å². The molecule has 1 saturated carbocycles. The molecule has 2 heterocycles. The number of carbonyl (C=O) groups is 1. The van der Waals surface area contributed by atoms with E-state index in [4.69, 9.17) is 0 Å². The summed E-state index contributed by atoms with van der Waals surface area (Å²) in [6, 6.07) is 7.22. The molecule has 0 aromatic carbocycles. The van der Waals surface area contributed by atoms with Crippen molar-refractivity contribution in [1.82, 2.24) is 9.55 Å². The lowest BCUT2D eigenvalue weighted by Gasteiger charge is -2.20. The summed E-state index contributed by atoms with van der Waals surface area (Å²) >= 11 is 0. The van der Waals surface area contributed by atoms with Gasteiger partial charge in [-0.2, -0.15) is 5.26 Å². The Hall–Kier alpha value is -2.74. The monoisotopic (exact) mass is 335 g/mol. The van der Waals surface area contributed by atoms with Crippen LogP contribution in [0.25, 0.3) is 11.1 Å². The number of nitrogens with zero attached hydrogens (tertiary/aromatic N) is 3. The summed E-state index contributed by atoms with van der Waals surface area (Å²) in [7, 11) is 0. The molecule has 0 unspecified atom stereocenters. The van der Waals surface area contributed by atoms with E-state index < -0.39 is 0 Å². The van der Waals surface area contributed by atoms with Gasteiger partial charge >= 0.3 is 0 Å². The van der Waals surface area contributed by atoms with Gasteiger partial charge in [-0.25, -0.2) is 0 Å². The zero-order chi connectivity index (χ0) is 17.6. The van der Waals surface area contributed by atoms with Gasteiger partial charge in [0.2, 0.25) is 0 Å². The van der Waals surface area contributed by atoms with Crippen LogP contribution in [-0.4, -0.2) is 15.3 Å². The molecule has 1 aliphatic rings. The number of aromatic nitrogens is 2. The maximum absolute atomic E-state index is 12.4. The molecule has 0 atom stereocenters. The first kappa shape index (κ1) is 17.1. The fourth-order valence-corrected chi connectivity index (χ4v) is 3.44. The third kappa shape index (κ3) is 4.03. The highest BCUT2D eigenvalue weighted by molar-refractivity contribution is 5.81. The second kappa shape index (κ2) is 7.89. The van der Waals surface area contributed by atoms with Crippen molar-refractivity contribution in [3.8, 4) is 17.2 Å². The van der Waals surface area contributed by atoms with Crippen LogP contribution in [-0.2, 0) is 11.3 Å². The predicted octanol–water partition coefficient (Wildman–Crippen LogP) is 3.32. The molecule has 1 aliphatic carbocycles. The van der Waals surface area contributed by atoms with E-state index in [1.165, 1.54) is 11.0 Å². The highest BCUT2D eigenvalue weighted by Crippen LogP contribution is 2.25. The van der Waals surface area contributed by atoms with Gasteiger partial charge in [-0.1, -0.05) is 19.3 Å². The fraction of sp³-hybridized carbons (Fsp3) is 0.400. The van der Waals surface area contributed by atoms with Crippen LogP contribution in [0.1, 0.15) is 44.1 Å². The average Bonchev–Trinajstić information content (AvgIpc) is 2.68. The quantitative estimate of drug-likeness (QED) is 0.840. The minimum absolute atomic E-state index is 0.0967. The first-order chi connectivity index (χ1) is 12.2. The molecule has 2 aromatic rings. The molecule has 0 aliphatic heterocycles. The number of ketones is 1. The molecule has 0 saturated heterocycles. The number of nitriles is 1. The lowest BCUT2D eigenvalue weighted by Crippen LogP contribution is -2.25. The van der Waals surface area contributed by atoms with E-state index in [0.717, 1.165) is 36.8 Å². The molecule has 3 rings (SSSR count). The van der Waals surface area contributed by atoms with Crippen molar-refractivity contribution in [1.29, 1.82) is 5.26 Å². The third-order valence-electron chi connectivity index (χ3n) is 4.88. The zero-order valence-electron chi connectivity index (χ0n) is 14.1. The Morgan fingerprint density at radius 3 is 2.60 bits per heavy atom. The summed E-state index contributed by atoms with van der Waals surface area (Å²) in [5, 5.41) is 9.25. The van der Waals surface area contributed by atoms with Gasteiger partial charge in [-0.05, 0) is 42.2 Å². The molecule has 0 bridgehead atoms. The van der Waals surface area contributed by atoms with Crippen molar-refractivity contribution in [2.45, 2.75) is 45.1 Å². The van der Waals surface area contributed by atoms with Gasteiger partial charge in [-0.15, -0.1) is 0 Å². The summed E-state index contributed by atoms with van der Waals surface area (Å²) in [6.45, 7) is 0.321. The fourth-order valence-electron chi connectivity index (χ4n) is 3.44. The molecule has 0 radical (unpaired) electrons. The van der Waals surface area contributed by atoms with Crippen molar-refractivity contribution < 1.29 is 4.79 Å². The predicted molar refractivity (Wildman–Crippen MR) is 94.8 cm³/mol. The van der Waals surface area contributed by atoms with Crippen molar-refractivity contribution in [3.05, 3.63) is 52.7 Å². The third-order valence-corrected chi connectivity index (χ3v) is 4.88. The van der Waals surface area contributed by atoms with Crippen LogP contribution in [0.4, 0.5) is 0 Å². The Kier molecular flexibility index (Phi) is 5.39. The summed E-state index contributed by atoms with van der Waals surface area (Å²) in [6.07, 6.45) is 10.8. The lowest BCUT2D eigenvalue weighted by atomic mass is 9.85. The Morgan fingerprint density at radius 1 is 1.20 bits per heavy atom. The Labute approximate surface area is 146 Å². The number of aryl methyl sites for hydroxylation is 1. The number of Topliss-reactive ketones (excluding diaryl/α,β-unsaturated/α-hetero) is 1. The summed E-state index contributed by atoms with van der Waals surface area (Å²) < 4.78 is 1.50. The SMILES string of the molecule is N#Cc1cc(-c2ccncc2)cn(CCC(=O)C2CCCCC2)c1=O. The number of hydrogen-bond donors (Lipinski definition) is 0. The molecule has 0 N–H and O–H groups in total. The van der Waals surface area contributed by atoms with Crippen LogP contribution in [0.2, 0.25) is 0 Å². The first-order valence-electron chi connectivity index (χ1n) is 8.77. The molecule has 25 heavy (non-hydrogen) atoms. The topological polar surface area (TPSA) is 75.8 Å². The number of pyridine rings is 2. The van der Waals surface area contributed by atoms with E-state index in [0.29, 0.717) is 13.0 Å². The number of rotatable bonds is 5. The van der Waals surface area contributed by atoms with Gasteiger partial charge in [0.15, 0.2) is 0 Å². The Balaban J connectivity index is 1.82. The summed E-state index contributed by atoms with van der Waals surface area (Å²) in [5.74, 6) is 0.377. The van der Waals surface area contributed by atoms with Crippen molar-refractivity contribution in [2.75, 3.05) is 0 Å². The smallest absolute Gasteiger partial charge is 0.268 e. The maximum atomic E-state index is 12.4. The first-order valence-corrected chi connectivity index (χ1v) is 8.77. The Bertz CT molecular complexity index is 843. The van der Waals surface area contributed by atoms with Crippen LogP contribution in [0, 0.1) is 17.2 Å². The van der Waals surface area contributed by atoms with Gasteiger partial charge in [0, 0.05) is 37.5 Å². The van der Waals surface area contributed by atoms with Crippen LogP contribution in [0.3, 0.4) is 0 Å². The van der Waals surface area contributed by atoms with Crippen molar-refractivity contribution in [2.24, 2.45) is 5.92 Å². The molecule has 5 nitrogen and oxygen atoms in total. The zero-order valence-corrected chi connectivity index (χ0v) is 14.1. The van der Waals surface area contributed by atoms with E-state index in [9.17, 15) is 14.9 Å². The number of hydrogen-bond acceptors (Lipinski definition) is 4. The highest BCUT2D eigenvalue weighted by atomic mass is 16.1. The van der Waals surface area contributed by atoms with Gasteiger partial charge in [0.25, 0.3) is 5.56 Å². The molecule has 128 valence electrons. The molecular weight excluding hydrogens is 314 g/mol. The van der Waals surface area contributed by atoms with Gasteiger partial charge in [0.05, 0.1) is 0 Å². The largest absolute Gasteiger partial charge is 0.313 e. The molecule has 0 amide bonds. The van der Waals surface area contributed by atoms with Crippen LogP contribution >= 0.6 is 0 Å². The lowest BCUT2D eigenvalue weighted by molar-refractivity contribution is -0.124. The van der Waals surface area contributed by atoms with Crippen molar-refractivity contribution >= 4 is 5.78 Å². The molecular formula is C20H21N3O2. The van der Waals surface area contributed by atoms with E-state index >= 15 is 0 Å². The van der Waals surface area contributed by atoms with E-state index in [1.807, 2.05) is 18.2 Å². The minimum Gasteiger partial charge on any atom is -0.313 e. The van der Waals surface area contributed by atoms with Crippen LogP contribution < -0.4 is 5.56 Å². The van der Waals surface area contributed by atoms with E-state index in [1.54, 1.807) is 24.7 Å². The standard InChI is InChI=1S/C20H21N3O2/c21-13-17-12-18(15-6-9-22-10-7-15)14-23(20(17)25)11-8-19(24)16-4-2-1-3-5-16/h6-7,9-10,12,14,16H,1-5,8,11H2. The van der Waals surface area contributed by atoms with E-state index in [-0.39, 0.29) is 22.8 Å².